The molecule has 1 aliphatic rings. The second kappa shape index (κ2) is 11.7. The van der Waals surface area contributed by atoms with E-state index in [-0.39, 0.29) is 43.4 Å². The molecule has 0 saturated heterocycles. The number of fused-ring (bicyclic) bond motifs is 1. The standard InChI is InChI=1S/C28H27BrF6N4O3/c1-4-26(36)13-20(24-21(6-7-22(38-24)41-3)39(26)25(40)42-5-2)23-16(11-19(29)14-37-23)8-15-9-17(27(30,31)32)12-18(10-15)28(33,34)35/h6-7,9-12,14,20H,4-5,8,13,36H2,1-3H3/t20-,26+/m0/s1. The Balaban J connectivity index is 1.90. The average molecular weight is 661 g/mol. The number of nitrogens with two attached hydrogens (primary N) is 1. The number of nitrogens with zero attached hydrogens (tertiary/aromatic N) is 3. The van der Waals surface area contributed by atoms with E-state index in [1.807, 2.05) is 0 Å². The largest absolute Gasteiger partial charge is 0.481 e. The molecule has 0 bridgehead atoms. The average Bonchev–Trinajstić information content (AvgIpc) is 2.91. The third-order valence-corrected chi connectivity index (χ3v) is 7.50. The van der Waals surface area contributed by atoms with Crippen molar-refractivity contribution in [2.24, 2.45) is 5.73 Å². The monoisotopic (exact) mass is 660 g/mol. The van der Waals surface area contributed by atoms with Crippen molar-refractivity contribution in [3.8, 4) is 5.88 Å². The SMILES string of the molecule is CCOC(=O)N1c2ccc(OC)nc2[C@H](c2ncc(Br)cc2Cc2cc(C(F)(F)F)cc(C(F)(F)F)c2)C[C@@]1(N)CC. The lowest BCUT2D eigenvalue weighted by Gasteiger charge is -2.46. The molecule has 1 aliphatic heterocycles. The van der Waals surface area contributed by atoms with Gasteiger partial charge in [-0.1, -0.05) is 6.92 Å². The van der Waals surface area contributed by atoms with Crippen molar-refractivity contribution in [2.75, 3.05) is 18.6 Å². The molecule has 4 rings (SSSR count). The van der Waals surface area contributed by atoms with Crippen LogP contribution in [0, 0.1) is 0 Å². The normalized spacial score (nSPS) is 18.9. The highest BCUT2D eigenvalue weighted by Gasteiger charge is 2.47. The number of hydrogen-bond donors (Lipinski definition) is 1. The fraction of sp³-hybridized carbons (Fsp3) is 0.393. The van der Waals surface area contributed by atoms with Crippen LogP contribution in [0.25, 0.3) is 0 Å². The predicted molar refractivity (Wildman–Crippen MR) is 145 cm³/mol. The number of amides is 1. The molecule has 0 fully saturated rings. The van der Waals surface area contributed by atoms with Crippen molar-refractivity contribution >= 4 is 27.7 Å². The molecule has 0 saturated carbocycles. The molecule has 2 aromatic heterocycles. The molecule has 3 aromatic rings. The zero-order valence-corrected chi connectivity index (χ0v) is 24.3. The zero-order chi connectivity index (χ0) is 31.0. The van der Waals surface area contributed by atoms with Gasteiger partial charge >= 0.3 is 18.4 Å². The fourth-order valence-electron chi connectivity index (χ4n) is 5.07. The molecule has 0 radical (unpaired) electrons. The maximum absolute atomic E-state index is 13.6. The van der Waals surface area contributed by atoms with Gasteiger partial charge in [-0.05, 0) is 83.6 Å². The van der Waals surface area contributed by atoms with Crippen LogP contribution in [0.5, 0.6) is 5.88 Å². The van der Waals surface area contributed by atoms with E-state index >= 15 is 0 Å². The first-order valence-electron chi connectivity index (χ1n) is 12.8. The number of carbonyl (C=O) groups is 1. The highest BCUT2D eigenvalue weighted by molar-refractivity contribution is 9.10. The van der Waals surface area contributed by atoms with Gasteiger partial charge in [-0.3, -0.25) is 9.88 Å². The first-order chi connectivity index (χ1) is 19.6. The lowest BCUT2D eigenvalue weighted by atomic mass is 9.80. The molecule has 0 spiro atoms. The van der Waals surface area contributed by atoms with Gasteiger partial charge in [0.2, 0.25) is 5.88 Å². The number of aromatic nitrogens is 2. The molecule has 14 heteroatoms. The molecule has 0 unspecified atom stereocenters. The van der Waals surface area contributed by atoms with Crippen LogP contribution in [0.15, 0.2) is 47.1 Å². The Morgan fingerprint density at radius 3 is 2.26 bits per heavy atom. The van der Waals surface area contributed by atoms with Gasteiger partial charge in [0, 0.05) is 22.7 Å². The van der Waals surface area contributed by atoms with Gasteiger partial charge in [0.1, 0.15) is 5.66 Å². The lowest BCUT2D eigenvalue weighted by Crippen LogP contribution is -2.61. The molecule has 7 nitrogen and oxygen atoms in total. The number of alkyl halides is 6. The van der Waals surface area contributed by atoms with Gasteiger partial charge in [0.05, 0.1) is 41.9 Å². The van der Waals surface area contributed by atoms with Crippen LogP contribution in [0.4, 0.5) is 36.8 Å². The highest BCUT2D eigenvalue weighted by atomic mass is 79.9. The van der Waals surface area contributed by atoms with Gasteiger partial charge in [0.25, 0.3) is 0 Å². The van der Waals surface area contributed by atoms with Crippen molar-refractivity contribution in [2.45, 2.75) is 57.0 Å². The number of halogens is 7. The summed E-state index contributed by atoms with van der Waals surface area (Å²) < 4.78 is 92.4. The summed E-state index contributed by atoms with van der Waals surface area (Å²) in [5.41, 5.74) is 3.81. The van der Waals surface area contributed by atoms with E-state index in [0.29, 0.717) is 39.2 Å². The number of methoxy groups -OCH3 is 1. The molecule has 3 heterocycles. The lowest BCUT2D eigenvalue weighted by molar-refractivity contribution is -0.143. The van der Waals surface area contributed by atoms with Gasteiger partial charge in [-0.25, -0.2) is 9.78 Å². The maximum atomic E-state index is 13.6. The second-order valence-electron chi connectivity index (χ2n) is 9.79. The highest BCUT2D eigenvalue weighted by Crippen LogP contribution is 2.47. The Hall–Kier alpha value is -3.39. The minimum absolute atomic E-state index is 0.0769. The summed E-state index contributed by atoms with van der Waals surface area (Å²) in [6.07, 6.45) is -9.16. The van der Waals surface area contributed by atoms with Crippen molar-refractivity contribution < 1.29 is 40.6 Å². The van der Waals surface area contributed by atoms with Crippen LogP contribution in [0.3, 0.4) is 0 Å². The number of hydrogen-bond acceptors (Lipinski definition) is 6. The third-order valence-electron chi connectivity index (χ3n) is 7.06. The number of carbonyl (C=O) groups excluding carboxylic acids is 1. The zero-order valence-electron chi connectivity index (χ0n) is 22.7. The number of ether oxygens (including phenoxy) is 2. The van der Waals surface area contributed by atoms with Gasteiger partial charge in [-0.15, -0.1) is 0 Å². The Bertz CT molecular complexity index is 1450. The minimum Gasteiger partial charge on any atom is -0.481 e. The molecule has 1 amide bonds. The molecule has 42 heavy (non-hydrogen) atoms. The number of benzene rings is 1. The molecule has 226 valence electrons. The smallest absolute Gasteiger partial charge is 0.416 e. The maximum Gasteiger partial charge on any atom is 0.416 e. The molecule has 0 aliphatic carbocycles. The van der Waals surface area contributed by atoms with Crippen LogP contribution in [-0.4, -0.2) is 35.4 Å². The molecule has 2 atom stereocenters. The summed E-state index contributed by atoms with van der Waals surface area (Å²) in [6.45, 7) is 3.52. The van der Waals surface area contributed by atoms with Gasteiger partial charge < -0.3 is 15.2 Å². The van der Waals surface area contributed by atoms with E-state index in [0.717, 1.165) is 0 Å². The van der Waals surface area contributed by atoms with Crippen LogP contribution in [0.1, 0.15) is 66.2 Å². The van der Waals surface area contributed by atoms with Gasteiger partial charge in [-0.2, -0.15) is 26.3 Å². The van der Waals surface area contributed by atoms with E-state index in [4.69, 9.17) is 15.2 Å². The predicted octanol–water partition coefficient (Wildman–Crippen LogP) is 7.44. The Morgan fingerprint density at radius 1 is 1.07 bits per heavy atom. The van der Waals surface area contributed by atoms with E-state index in [2.05, 4.69) is 25.9 Å². The van der Waals surface area contributed by atoms with Crippen molar-refractivity contribution in [1.82, 2.24) is 9.97 Å². The molecule has 1 aromatic carbocycles. The minimum atomic E-state index is -4.99. The number of pyridine rings is 2. The summed E-state index contributed by atoms with van der Waals surface area (Å²) in [5, 5.41) is 0. The number of anilines is 1. The summed E-state index contributed by atoms with van der Waals surface area (Å²) >= 11 is 3.31. The summed E-state index contributed by atoms with van der Waals surface area (Å²) in [5.74, 6) is -0.489. The Morgan fingerprint density at radius 2 is 1.71 bits per heavy atom. The van der Waals surface area contributed by atoms with Crippen molar-refractivity contribution in [3.05, 3.63) is 80.7 Å². The van der Waals surface area contributed by atoms with Crippen LogP contribution >= 0.6 is 15.9 Å². The summed E-state index contributed by atoms with van der Waals surface area (Å²) in [6, 6.07) is 6.20. The third kappa shape index (κ3) is 6.33. The van der Waals surface area contributed by atoms with Crippen LogP contribution in [-0.2, 0) is 23.5 Å². The Labute approximate surface area is 246 Å². The first-order valence-corrected chi connectivity index (χ1v) is 13.6. The fourth-order valence-corrected chi connectivity index (χ4v) is 5.45. The quantitative estimate of drug-likeness (QED) is 0.277. The van der Waals surface area contributed by atoms with E-state index in [1.165, 1.54) is 18.2 Å². The second-order valence-corrected chi connectivity index (χ2v) is 10.7. The molecular formula is C28H27BrF6N4O3. The van der Waals surface area contributed by atoms with Crippen molar-refractivity contribution in [3.63, 3.8) is 0 Å². The van der Waals surface area contributed by atoms with E-state index < -0.39 is 41.2 Å². The van der Waals surface area contributed by atoms with Crippen LogP contribution in [0.2, 0.25) is 0 Å². The number of rotatable bonds is 6. The molecule has 2 N–H and O–H groups in total. The van der Waals surface area contributed by atoms with E-state index in [9.17, 15) is 31.1 Å². The van der Waals surface area contributed by atoms with Crippen LogP contribution < -0.4 is 15.4 Å². The summed E-state index contributed by atoms with van der Waals surface area (Å²) in [4.78, 5) is 23.5. The first kappa shape index (κ1) is 31.5. The molecular weight excluding hydrogens is 634 g/mol. The Kier molecular flexibility index (Phi) is 8.79. The van der Waals surface area contributed by atoms with E-state index in [1.54, 1.807) is 32.0 Å². The van der Waals surface area contributed by atoms with Gasteiger partial charge in [0.15, 0.2) is 0 Å². The van der Waals surface area contributed by atoms with Crippen molar-refractivity contribution in [1.29, 1.82) is 0 Å². The summed E-state index contributed by atoms with van der Waals surface area (Å²) in [7, 11) is 1.41. The topological polar surface area (TPSA) is 90.6 Å².